The zero-order valence-corrected chi connectivity index (χ0v) is 16.4. The Hall–Kier alpha value is -2.57. The topological polar surface area (TPSA) is 47.7 Å². The predicted octanol–water partition coefficient (Wildman–Crippen LogP) is -0.248. The summed E-state index contributed by atoms with van der Waals surface area (Å²) in [5.74, 6) is 1.90. The fourth-order valence-corrected chi connectivity index (χ4v) is 4.07. The number of hydrogen-bond donors (Lipinski definition) is 2. The van der Waals surface area contributed by atoms with Crippen molar-refractivity contribution in [2.75, 3.05) is 51.0 Å². The van der Waals surface area contributed by atoms with Crippen LogP contribution < -0.4 is 24.2 Å². The van der Waals surface area contributed by atoms with Crippen LogP contribution in [0.1, 0.15) is 12.5 Å². The summed E-state index contributed by atoms with van der Waals surface area (Å²) >= 11 is 0. The molecule has 0 saturated carbocycles. The lowest BCUT2D eigenvalue weighted by atomic mass is 10.1. The van der Waals surface area contributed by atoms with Crippen LogP contribution in [0.25, 0.3) is 0 Å². The minimum absolute atomic E-state index is 0.211. The Bertz CT molecular complexity index is 804. The number of ether oxygens (including phenoxy) is 2. The summed E-state index contributed by atoms with van der Waals surface area (Å²) in [6.45, 7) is 8.83. The molecule has 1 fully saturated rings. The zero-order valence-electron chi connectivity index (χ0n) is 16.4. The van der Waals surface area contributed by atoms with Crippen LogP contribution in [0.3, 0.4) is 0 Å². The van der Waals surface area contributed by atoms with Crippen LogP contribution in [0.4, 0.5) is 5.69 Å². The van der Waals surface area contributed by atoms with Gasteiger partial charge in [-0.15, -0.1) is 0 Å². The van der Waals surface area contributed by atoms with Gasteiger partial charge in [0.05, 0.1) is 0 Å². The summed E-state index contributed by atoms with van der Waals surface area (Å²) in [5, 5.41) is 0. The zero-order chi connectivity index (χ0) is 19.3. The van der Waals surface area contributed by atoms with Gasteiger partial charge in [-0.1, -0.05) is 18.2 Å². The standard InChI is InChI=1S/C22H27N3O3/c1-2-25(19-6-4-3-5-7-19)22(26)16-24-12-10-23(11-13-24)15-18-8-9-20-21(14-18)28-17-27-20/h3-9,14H,2,10-13,15-17H2,1H3/p+2. The smallest absolute Gasteiger partial charge is 0.282 e. The first-order chi connectivity index (χ1) is 13.7. The molecule has 0 bridgehead atoms. The molecular weight excluding hydrogens is 354 g/mol. The molecule has 6 heteroatoms. The maximum Gasteiger partial charge on any atom is 0.282 e. The number of fused-ring (bicyclic) bond motifs is 1. The van der Waals surface area contributed by atoms with Crippen molar-refractivity contribution < 1.29 is 24.1 Å². The number of carbonyl (C=O) groups excluding carboxylic acids is 1. The number of benzene rings is 2. The Balaban J connectivity index is 1.27. The van der Waals surface area contributed by atoms with Crippen LogP contribution in [0.15, 0.2) is 48.5 Å². The number of hydrogen-bond acceptors (Lipinski definition) is 3. The molecule has 2 aromatic rings. The summed E-state index contributed by atoms with van der Waals surface area (Å²) in [7, 11) is 0. The normalized spacial score (nSPS) is 20.8. The molecule has 4 rings (SSSR count). The lowest BCUT2D eigenvalue weighted by Gasteiger charge is -2.31. The predicted molar refractivity (Wildman–Crippen MR) is 107 cm³/mol. The van der Waals surface area contributed by atoms with Crippen LogP contribution in [0.5, 0.6) is 11.5 Å². The molecule has 0 atom stereocenters. The van der Waals surface area contributed by atoms with E-state index in [9.17, 15) is 4.79 Å². The van der Waals surface area contributed by atoms with Gasteiger partial charge in [0, 0.05) is 17.8 Å². The van der Waals surface area contributed by atoms with E-state index in [1.807, 2.05) is 48.2 Å². The van der Waals surface area contributed by atoms with E-state index in [-0.39, 0.29) is 5.91 Å². The highest BCUT2D eigenvalue weighted by molar-refractivity contribution is 5.93. The summed E-state index contributed by atoms with van der Waals surface area (Å²) < 4.78 is 10.9. The van der Waals surface area contributed by atoms with Gasteiger partial charge in [-0.25, -0.2) is 0 Å². The molecule has 2 aliphatic rings. The number of anilines is 1. The maximum absolute atomic E-state index is 12.8. The van der Waals surface area contributed by atoms with Gasteiger partial charge < -0.3 is 24.2 Å². The SMILES string of the molecule is CCN(C(=O)C[NH+]1CC[NH+](Cc2ccc3c(c2)OCO3)CC1)c1ccccc1. The largest absolute Gasteiger partial charge is 0.454 e. The number of rotatable bonds is 6. The van der Waals surface area contributed by atoms with Gasteiger partial charge in [-0.05, 0) is 37.3 Å². The molecule has 28 heavy (non-hydrogen) atoms. The van der Waals surface area contributed by atoms with Crippen LogP contribution in [-0.4, -0.2) is 52.0 Å². The van der Waals surface area contributed by atoms with Crippen molar-refractivity contribution in [2.24, 2.45) is 0 Å². The highest BCUT2D eigenvalue weighted by Crippen LogP contribution is 2.32. The Morgan fingerprint density at radius 3 is 2.43 bits per heavy atom. The number of para-hydroxylation sites is 1. The van der Waals surface area contributed by atoms with E-state index in [0.717, 1.165) is 49.9 Å². The number of amides is 1. The molecule has 2 aromatic carbocycles. The molecule has 1 amide bonds. The van der Waals surface area contributed by atoms with Crippen molar-refractivity contribution in [1.29, 1.82) is 0 Å². The molecule has 2 aliphatic heterocycles. The van der Waals surface area contributed by atoms with Gasteiger partial charge in [-0.3, -0.25) is 4.79 Å². The van der Waals surface area contributed by atoms with E-state index in [0.29, 0.717) is 19.9 Å². The summed E-state index contributed by atoms with van der Waals surface area (Å²) in [6, 6.07) is 16.2. The second kappa shape index (κ2) is 8.63. The molecule has 2 N–H and O–H groups in total. The summed E-state index contributed by atoms with van der Waals surface area (Å²) in [5.41, 5.74) is 2.27. The van der Waals surface area contributed by atoms with Crippen LogP contribution >= 0.6 is 0 Å². The van der Waals surface area contributed by atoms with Gasteiger partial charge in [0.25, 0.3) is 5.91 Å². The van der Waals surface area contributed by atoms with Crippen molar-refractivity contribution >= 4 is 11.6 Å². The third kappa shape index (κ3) is 4.29. The molecule has 0 aliphatic carbocycles. The fraction of sp³-hybridized carbons (Fsp3) is 0.409. The second-order valence-corrected chi connectivity index (χ2v) is 7.51. The fourth-order valence-electron chi connectivity index (χ4n) is 4.07. The molecule has 0 unspecified atom stereocenters. The Labute approximate surface area is 166 Å². The van der Waals surface area contributed by atoms with E-state index >= 15 is 0 Å². The van der Waals surface area contributed by atoms with Crippen molar-refractivity contribution in [3.8, 4) is 11.5 Å². The van der Waals surface area contributed by atoms with Gasteiger partial charge in [0.2, 0.25) is 6.79 Å². The van der Waals surface area contributed by atoms with Crippen molar-refractivity contribution in [3.63, 3.8) is 0 Å². The number of quaternary nitrogens is 2. The van der Waals surface area contributed by atoms with E-state index in [4.69, 9.17) is 9.47 Å². The van der Waals surface area contributed by atoms with Gasteiger partial charge in [-0.2, -0.15) is 0 Å². The van der Waals surface area contributed by atoms with Crippen LogP contribution in [0.2, 0.25) is 0 Å². The highest BCUT2D eigenvalue weighted by atomic mass is 16.7. The monoisotopic (exact) mass is 383 g/mol. The lowest BCUT2D eigenvalue weighted by Crippen LogP contribution is -3.28. The molecule has 148 valence electrons. The van der Waals surface area contributed by atoms with Crippen LogP contribution in [-0.2, 0) is 11.3 Å². The minimum atomic E-state index is 0.211. The van der Waals surface area contributed by atoms with Gasteiger partial charge >= 0.3 is 0 Å². The minimum Gasteiger partial charge on any atom is -0.454 e. The third-order valence-corrected chi connectivity index (χ3v) is 5.64. The molecule has 0 spiro atoms. The van der Waals surface area contributed by atoms with E-state index in [1.165, 1.54) is 10.5 Å². The quantitative estimate of drug-likeness (QED) is 0.724. The third-order valence-electron chi connectivity index (χ3n) is 5.64. The van der Waals surface area contributed by atoms with Crippen molar-refractivity contribution in [3.05, 3.63) is 54.1 Å². The first kappa shape index (κ1) is 18.8. The first-order valence-corrected chi connectivity index (χ1v) is 10.1. The second-order valence-electron chi connectivity index (χ2n) is 7.51. The molecular formula is C22H29N3O3+2. The Morgan fingerprint density at radius 2 is 1.68 bits per heavy atom. The average Bonchev–Trinajstić information content (AvgIpc) is 3.19. The van der Waals surface area contributed by atoms with E-state index in [2.05, 4.69) is 12.1 Å². The first-order valence-electron chi connectivity index (χ1n) is 10.1. The number of likely N-dealkylation sites (N-methyl/N-ethyl adjacent to an activating group) is 1. The van der Waals surface area contributed by atoms with Crippen molar-refractivity contribution in [2.45, 2.75) is 13.5 Å². The summed E-state index contributed by atoms with van der Waals surface area (Å²) in [6.07, 6.45) is 0. The molecule has 6 nitrogen and oxygen atoms in total. The van der Waals surface area contributed by atoms with Gasteiger partial charge in [0.15, 0.2) is 18.0 Å². The maximum atomic E-state index is 12.8. The average molecular weight is 383 g/mol. The summed E-state index contributed by atoms with van der Waals surface area (Å²) in [4.78, 5) is 17.6. The van der Waals surface area contributed by atoms with E-state index in [1.54, 1.807) is 4.90 Å². The number of nitrogens with one attached hydrogen (secondary N) is 2. The molecule has 2 heterocycles. The van der Waals surface area contributed by atoms with Crippen LogP contribution in [0, 0.1) is 0 Å². The van der Waals surface area contributed by atoms with Crippen molar-refractivity contribution in [1.82, 2.24) is 0 Å². The molecule has 0 aromatic heterocycles. The molecule has 1 saturated heterocycles. The highest BCUT2D eigenvalue weighted by Gasteiger charge is 2.27. The number of nitrogens with zero attached hydrogens (tertiary/aromatic N) is 1. The Morgan fingerprint density at radius 1 is 0.964 bits per heavy atom. The Kier molecular flexibility index (Phi) is 5.78. The number of carbonyl (C=O) groups is 1. The molecule has 0 radical (unpaired) electrons. The lowest BCUT2D eigenvalue weighted by molar-refractivity contribution is -1.02. The number of piperazine rings is 1. The van der Waals surface area contributed by atoms with Gasteiger partial charge in [0.1, 0.15) is 32.7 Å². The van der Waals surface area contributed by atoms with E-state index < -0.39 is 0 Å².